The zero-order chi connectivity index (χ0) is 31.7. The maximum Gasteiger partial charge on any atom is 0.171 e. The maximum absolute atomic E-state index is 9.11. The van der Waals surface area contributed by atoms with Gasteiger partial charge in [0.2, 0.25) is 0 Å². The zero-order valence-electron chi connectivity index (χ0n) is 26.6. The van der Waals surface area contributed by atoms with E-state index in [1.807, 2.05) is 38.5 Å². The molecule has 0 saturated heterocycles. The molecule has 45 heavy (non-hydrogen) atoms. The van der Waals surface area contributed by atoms with Crippen LogP contribution in [0, 0.1) is 0 Å². The maximum atomic E-state index is 9.11. The fourth-order valence-electron chi connectivity index (χ4n) is 5.08. The van der Waals surface area contributed by atoms with Crippen molar-refractivity contribution in [3.8, 4) is 0 Å². The van der Waals surface area contributed by atoms with Gasteiger partial charge in [0.15, 0.2) is 18.9 Å². The van der Waals surface area contributed by atoms with Gasteiger partial charge in [0.25, 0.3) is 0 Å². The molecular weight excluding hydrogens is 597 g/mol. The summed E-state index contributed by atoms with van der Waals surface area (Å²) in [7, 11) is 3.92. The standard InChI is InChI=1S/C37H47N4O2S2/c1-3-40(36-13-9-32(10-14-36)5-6-34-17-20-38(21-18-34)23-27-42)25-29-44-45-30-26-41(4-2)37-15-11-33(12-16-37)7-8-35-19-22-39(31-35)24-28-43/h5-22,31,42-43H,3-4,23-30H2,1-2H3/q+1/p+1/b8-7+. The van der Waals surface area contributed by atoms with Crippen LogP contribution in [0.3, 0.4) is 0 Å². The first-order chi connectivity index (χ1) is 22.1. The van der Waals surface area contributed by atoms with Crippen molar-refractivity contribution in [2.45, 2.75) is 20.4 Å². The van der Waals surface area contributed by atoms with E-state index in [1.54, 1.807) is 0 Å². The number of aliphatic hydroxyl groups is 2. The number of hydrogen-bond donors (Lipinski definition) is 3. The number of allylic oxidation sites excluding steroid dienone is 3. The SMILES string of the molecule is CCN(CCSSCCN(CC)c1ccc(/C=C/c2cc[n+](CCO)cc2)cc1)c1ccc(/C=C/C2=C[NH+](CCO)C=C2)cc1. The van der Waals surface area contributed by atoms with E-state index in [-0.39, 0.29) is 13.2 Å². The Morgan fingerprint density at radius 2 is 1.20 bits per heavy atom. The van der Waals surface area contributed by atoms with Crippen LogP contribution in [-0.2, 0) is 6.54 Å². The molecule has 0 aliphatic carbocycles. The third-order valence-corrected chi connectivity index (χ3v) is 10.1. The van der Waals surface area contributed by atoms with E-state index in [0.717, 1.165) is 43.2 Å². The van der Waals surface area contributed by atoms with Gasteiger partial charge in [-0.15, -0.1) is 0 Å². The summed E-state index contributed by atoms with van der Waals surface area (Å²) in [4.78, 5) is 6.06. The lowest BCUT2D eigenvalue weighted by Crippen LogP contribution is -3.02. The van der Waals surface area contributed by atoms with E-state index in [0.29, 0.717) is 13.1 Å². The molecule has 1 aliphatic heterocycles. The normalized spacial score (nSPS) is 14.5. The van der Waals surface area contributed by atoms with Gasteiger partial charge in [0.05, 0.1) is 12.8 Å². The van der Waals surface area contributed by atoms with Crippen LogP contribution in [0.2, 0.25) is 0 Å². The number of aliphatic hydroxyl groups excluding tert-OH is 2. The van der Waals surface area contributed by atoms with E-state index in [2.05, 4.69) is 127 Å². The molecule has 3 aromatic rings. The van der Waals surface area contributed by atoms with Gasteiger partial charge in [0, 0.05) is 72.8 Å². The number of quaternary nitrogens is 1. The highest BCUT2D eigenvalue weighted by molar-refractivity contribution is 8.76. The quantitative estimate of drug-likeness (QED) is 0.0952. The van der Waals surface area contributed by atoms with Crippen molar-refractivity contribution in [2.24, 2.45) is 0 Å². The van der Waals surface area contributed by atoms with E-state index < -0.39 is 0 Å². The average Bonchev–Trinajstić information content (AvgIpc) is 3.53. The first kappa shape index (κ1) is 34.6. The zero-order valence-corrected chi connectivity index (χ0v) is 28.2. The molecule has 0 spiro atoms. The Labute approximate surface area is 277 Å². The third-order valence-electron chi connectivity index (χ3n) is 7.71. The first-order valence-electron chi connectivity index (χ1n) is 15.9. The molecule has 0 bridgehead atoms. The Morgan fingerprint density at radius 3 is 1.69 bits per heavy atom. The number of pyridine rings is 1. The number of nitrogens with one attached hydrogen (secondary N) is 1. The molecule has 4 rings (SSSR count). The second-order valence-electron chi connectivity index (χ2n) is 10.8. The fraction of sp³-hybridized carbons (Fsp3) is 0.324. The Kier molecular flexibility index (Phi) is 14.8. The highest BCUT2D eigenvalue weighted by atomic mass is 33.1. The molecule has 3 N–H and O–H groups in total. The summed E-state index contributed by atoms with van der Waals surface area (Å²) in [6.07, 6.45) is 18.9. The summed E-state index contributed by atoms with van der Waals surface area (Å²) in [5.74, 6) is 2.17. The van der Waals surface area contributed by atoms with Crippen LogP contribution in [0.15, 0.2) is 103 Å². The highest BCUT2D eigenvalue weighted by Gasteiger charge is 2.09. The van der Waals surface area contributed by atoms with Gasteiger partial charge in [-0.1, -0.05) is 64.1 Å². The summed E-state index contributed by atoms with van der Waals surface area (Å²) in [6.45, 7) is 10.2. The van der Waals surface area contributed by atoms with Crippen LogP contribution in [0.25, 0.3) is 18.2 Å². The Hall–Kier alpha value is -3.27. The summed E-state index contributed by atoms with van der Waals surface area (Å²) in [5, 5.41) is 18.2. The van der Waals surface area contributed by atoms with Crippen LogP contribution >= 0.6 is 21.6 Å². The largest absolute Gasteiger partial charge is 0.390 e. The number of rotatable bonds is 19. The molecule has 1 aromatic heterocycles. The van der Waals surface area contributed by atoms with Crippen molar-refractivity contribution in [1.29, 1.82) is 0 Å². The summed E-state index contributed by atoms with van der Waals surface area (Å²) in [5.41, 5.74) is 7.23. The monoisotopic (exact) mass is 644 g/mol. The van der Waals surface area contributed by atoms with Crippen LogP contribution in [0.5, 0.6) is 0 Å². The van der Waals surface area contributed by atoms with Crippen LogP contribution < -0.4 is 19.3 Å². The second-order valence-corrected chi connectivity index (χ2v) is 13.5. The molecular formula is C37H48N4O2S2+2. The molecule has 1 atom stereocenters. The summed E-state index contributed by atoms with van der Waals surface area (Å²) >= 11 is 0. The lowest BCUT2D eigenvalue weighted by atomic mass is 10.1. The smallest absolute Gasteiger partial charge is 0.171 e. The van der Waals surface area contributed by atoms with E-state index in [4.69, 9.17) is 10.2 Å². The van der Waals surface area contributed by atoms with Gasteiger partial charge in [-0.3, -0.25) is 4.90 Å². The molecule has 1 aliphatic rings. The lowest BCUT2D eigenvalue weighted by molar-refractivity contribution is -0.788. The average molecular weight is 645 g/mol. The van der Waals surface area contributed by atoms with Crippen LogP contribution in [0.1, 0.15) is 30.5 Å². The Morgan fingerprint density at radius 1 is 0.689 bits per heavy atom. The number of hydrogen-bond acceptors (Lipinski definition) is 6. The minimum absolute atomic E-state index is 0.150. The Bertz CT molecular complexity index is 1400. The van der Waals surface area contributed by atoms with E-state index >= 15 is 0 Å². The number of aromatic nitrogens is 1. The van der Waals surface area contributed by atoms with Gasteiger partial charge in [-0.05, 0) is 60.9 Å². The molecule has 0 fully saturated rings. The van der Waals surface area contributed by atoms with Gasteiger partial charge in [-0.25, -0.2) is 4.57 Å². The number of anilines is 2. The fourth-order valence-corrected chi connectivity index (χ4v) is 7.06. The van der Waals surface area contributed by atoms with Crippen molar-refractivity contribution in [1.82, 2.24) is 0 Å². The molecule has 1 unspecified atom stereocenters. The summed E-state index contributed by atoms with van der Waals surface area (Å²) < 4.78 is 1.98. The third kappa shape index (κ3) is 11.6. The molecule has 0 amide bonds. The summed E-state index contributed by atoms with van der Waals surface area (Å²) in [6, 6.07) is 21.8. The number of nitrogens with zero attached hydrogens (tertiary/aromatic N) is 3. The van der Waals surface area contributed by atoms with Gasteiger partial charge < -0.3 is 20.0 Å². The van der Waals surface area contributed by atoms with Gasteiger partial charge in [0.1, 0.15) is 19.4 Å². The van der Waals surface area contributed by atoms with E-state index in [1.165, 1.54) is 33.0 Å². The molecule has 2 aromatic carbocycles. The van der Waals surface area contributed by atoms with Gasteiger partial charge >= 0.3 is 0 Å². The van der Waals surface area contributed by atoms with E-state index in [9.17, 15) is 0 Å². The minimum atomic E-state index is 0.150. The van der Waals surface area contributed by atoms with Crippen molar-refractivity contribution >= 4 is 51.2 Å². The van der Waals surface area contributed by atoms with Crippen LogP contribution in [0.4, 0.5) is 11.4 Å². The molecule has 0 saturated carbocycles. The predicted molar refractivity (Wildman–Crippen MR) is 195 cm³/mol. The Balaban J connectivity index is 1.15. The van der Waals surface area contributed by atoms with Crippen molar-refractivity contribution < 1.29 is 19.7 Å². The second kappa shape index (κ2) is 19.3. The van der Waals surface area contributed by atoms with Gasteiger partial charge in [-0.2, -0.15) is 0 Å². The number of benzene rings is 2. The highest BCUT2D eigenvalue weighted by Crippen LogP contribution is 2.24. The van der Waals surface area contributed by atoms with Crippen molar-refractivity contribution in [3.63, 3.8) is 0 Å². The predicted octanol–water partition coefficient (Wildman–Crippen LogP) is 5.17. The minimum Gasteiger partial charge on any atom is -0.390 e. The molecule has 0 radical (unpaired) electrons. The van der Waals surface area contributed by atoms with Crippen molar-refractivity contribution in [3.05, 3.63) is 120 Å². The molecule has 6 nitrogen and oxygen atoms in total. The topological polar surface area (TPSA) is 55.3 Å². The first-order valence-corrected chi connectivity index (χ1v) is 18.4. The molecule has 2 heterocycles. The van der Waals surface area contributed by atoms with Crippen LogP contribution in [-0.4, -0.2) is 67.7 Å². The molecule has 238 valence electrons. The molecule has 8 heteroatoms. The lowest BCUT2D eigenvalue weighted by Gasteiger charge is -2.24. The van der Waals surface area contributed by atoms with Crippen molar-refractivity contribution in [2.75, 3.05) is 67.2 Å².